The van der Waals surface area contributed by atoms with Gasteiger partial charge in [0.1, 0.15) is 11.5 Å². The van der Waals surface area contributed by atoms with Crippen LogP contribution in [-0.4, -0.2) is 31.3 Å². The maximum absolute atomic E-state index is 5.50. The second-order valence-electron chi connectivity index (χ2n) is 5.51. The minimum absolute atomic E-state index is 0.645. The molecule has 0 bridgehead atoms. The van der Waals surface area contributed by atoms with Gasteiger partial charge in [0, 0.05) is 30.9 Å². The van der Waals surface area contributed by atoms with E-state index in [0.717, 1.165) is 29.2 Å². The molecule has 0 radical (unpaired) electrons. The van der Waals surface area contributed by atoms with Gasteiger partial charge in [-0.3, -0.25) is 0 Å². The molecule has 4 nitrogen and oxygen atoms in total. The van der Waals surface area contributed by atoms with Gasteiger partial charge in [0.05, 0.1) is 14.2 Å². The van der Waals surface area contributed by atoms with Crippen LogP contribution in [0.3, 0.4) is 0 Å². The largest absolute Gasteiger partial charge is 0.497 e. The van der Waals surface area contributed by atoms with Crippen molar-refractivity contribution in [1.29, 1.82) is 0 Å². The highest BCUT2D eigenvalue weighted by molar-refractivity contribution is 7.80. The van der Waals surface area contributed by atoms with Gasteiger partial charge < -0.3 is 19.7 Å². The van der Waals surface area contributed by atoms with Gasteiger partial charge in [0.2, 0.25) is 0 Å². The monoisotopic (exact) mass is 344 g/mol. The van der Waals surface area contributed by atoms with Gasteiger partial charge in [0.15, 0.2) is 5.11 Å². The van der Waals surface area contributed by atoms with Gasteiger partial charge in [-0.1, -0.05) is 19.1 Å². The Bertz CT molecular complexity index is 686. The lowest BCUT2D eigenvalue weighted by Crippen LogP contribution is -2.30. The van der Waals surface area contributed by atoms with Crippen LogP contribution in [0.15, 0.2) is 42.5 Å². The Hall–Kier alpha value is -2.27. The third-order valence-electron chi connectivity index (χ3n) is 3.86. The molecular weight excluding hydrogens is 320 g/mol. The lowest BCUT2D eigenvalue weighted by Gasteiger charge is -2.22. The molecule has 24 heavy (non-hydrogen) atoms. The number of benzene rings is 2. The van der Waals surface area contributed by atoms with Crippen molar-refractivity contribution in [3.63, 3.8) is 0 Å². The van der Waals surface area contributed by atoms with Gasteiger partial charge >= 0.3 is 0 Å². The number of aryl methyl sites for hydroxylation is 1. The Kier molecular flexibility index (Phi) is 6.44. The molecule has 0 amide bonds. The van der Waals surface area contributed by atoms with Crippen LogP contribution < -0.4 is 14.8 Å². The van der Waals surface area contributed by atoms with Crippen LogP contribution >= 0.6 is 12.2 Å². The van der Waals surface area contributed by atoms with E-state index in [2.05, 4.69) is 24.4 Å². The molecule has 0 aliphatic heterocycles. The van der Waals surface area contributed by atoms with E-state index in [4.69, 9.17) is 21.7 Å². The molecule has 2 rings (SSSR count). The maximum Gasteiger partial charge on any atom is 0.173 e. The smallest absolute Gasteiger partial charge is 0.173 e. The van der Waals surface area contributed by atoms with E-state index < -0.39 is 0 Å². The molecule has 2 aromatic rings. The minimum atomic E-state index is 0.645. The van der Waals surface area contributed by atoms with Crippen LogP contribution in [0.2, 0.25) is 0 Å². The normalized spacial score (nSPS) is 10.2. The zero-order valence-electron chi connectivity index (χ0n) is 14.6. The van der Waals surface area contributed by atoms with E-state index in [1.807, 2.05) is 42.3 Å². The molecular formula is C19H24N2O2S. The fourth-order valence-corrected chi connectivity index (χ4v) is 2.53. The zero-order chi connectivity index (χ0) is 17.5. The first-order valence-corrected chi connectivity index (χ1v) is 8.30. The molecule has 0 aliphatic carbocycles. The number of ether oxygens (including phenoxy) is 2. The summed E-state index contributed by atoms with van der Waals surface area (Å²) in [6.45, 7) is 2.79. The molecule has 0 atom stereocenters. The van der Waals surface area contributed by atoms with E-state index in [1.165, 1.54) is 5.56 Å². The van der Waals surface area contributed by atoms with Crippen molar-refractivity contribution >= 4 is 23.0 Å². The van der Waals surface area contributed by atoms with E-state index in [9.17, 15) is 0 Å². The minimum Gasteiger partial charge on any atom is -0.497 e. The van der Waals surface area contributed by atoms with Crippen LogP contribution in [0.1, 0.15) is 18.1 Å². The molecule has 128 valence electrons. The average molecular weight is 344 g/mol. The lowest BCUT2D eigenvalue weighted by atomic mass is 10.1. The Balaban J connectivity index is 2.02. The maximum atomic E-state index is 5.50. The van der Waals surface area contributed by atoms with E-state index in [0.29, 0.717) is 11.7 Å². The van der Waals surface area contributed by atoms with Crippen LogP contribution in [-0.2, 0) is 13.0 Å². The molecule has 0 saturated heterocycles. The number of hydrogen-bond acceptors (Lipinski definition) is 3. The summed E-state index contributed by atoms with van der Waals surface area (Å²) in [5.41, 5.74) is 3.35. The van der Waals surface area contributed by atoms with Crippen molar-refractivity contribution in [1.82, 2.24) is 4.90 Å². The number of nitrogens with one attached hydrogen (secondary N) is 1. The van der Waals surface area contributed by atoms with E-state index in [-0.39, 0.29) is 0 Å². The van der Waals surface area contributed by atoms with Crippen molar-refractivity contribution in [2.45, 2.75) is 19.9 Å². The third-order valence-corrected chi connectivity index (χ3v) is 4.28. The highest BCUT2D eigenvalue weighted by Gasteiger charge is 2.10. The van der Waals surface area contributed by atoms with Crippen LogP contribution in [0.4, 0.5) is 5.69 Å². The van der Waals surface area contributed by atoms with Crippen LogP contribution in [0.5, 0.6) is 11.5 Å². The Morgan fingerprint density at radius 2 is 1.79 bits per heavy atom. The first-order chi connectivity index (χ1) is 11.6. The molecule has 2 aromatic carbocycles. The van der Waals surface area contributed by atoms with Crippen LogP contribution in [0.25, 0.3) is 0 Å². The van der Waals surface area contributed by atoms with Crippen molar-refractivity contribution in [3.8, 4) is 11.5 Å². The Morgan fingerprint density at radius 1 is 1.08 bits per heavy atom. The molecule has 0 aliphatic rings. The molecule has 0 saturated carbocycles. The van der Waals surface area contributed by atoms with Gasteiger partial charge in [0.25, 0.3) is 0 Å². The number of hydrogen-bond donors (Lipinski definition) is 1. The van der Waals surface area contributed by atoms with Crippen molar-refractivity contribution in [2.75, 3.05) is 26.6 Å². The molecule has 1 N–H and O–H groups in total. The van der Waals surface area contributed by atoms with Gasteiger partial charge in [-0.15, -0.1) is 0 Å². The summed E-state index contributed by atoms with van der Waals surface area (Å²) >= 11 is 5.50. The summed E-state index contributed by atoms with van der Waals surface area (Å²) in [6.07, 6.45) is 1.03. The number of methoxy groups -OCH3 is 2. The highest BCUT2D eigenvalue weighted by Crippen LogP contribution is 2.25. The van der Waals surface area contributed by atoms with Gasteiger partial charge in [-0.25, -0.2) is 0 Å². The summed E-state index contributed by atoms with van der Waals surface area (Å²) in [7, 11) is 5.26. The predicted molar refractivity (Wildman–Crippen MR) is 103 cm³/mol. The molecule has 0 fully saturated rings. The topological polar surface area (TPSA) is 33.7 Å². The average Bonchev–Trinajstić information content (AvgIpc) is 2.62. The lowest BCUT2D eigenvalue weighted by molar-refractivity contribution is 0.384. The first kappa shape index (κ1) is 18.1. The standard InChI is InChI=1S/C19H24N2O2S/c1-5-14-6-9-16(10-7-14)20-19(24)21(2)13-15-8-11-17(22-3)12-18(15)23-4/h6-12H,5,13H2,1-4H3,(H,20,24). The molecule has 0 unspecified atom stereocenters. The van der Waals surface area contributed by atoms with Crippen molar-refractivity contribution < 1.29 is 9.47 Å². The third kappa shape index (κ3) is 4.61. The molecule has 0 aromatic heterocycles. The SMILES string of the molecule is CCc1ccc(NC(=S)N(C)Cc2ccc(OC)cc2OC)cc1. The predicted octanol–water partition coefficient (Wildman–Crippen LogP) is 4.10. The number of thiocarbonyl (C=S) groups is 1. The summed E-state index contributed by atoms with van der Waals surface area (Å²) < 4.78 is 10.7. The summed E-state index contributed by atoms with van der Waals surface area (Å²) in [5.74, 6) is 1.56. The Labute approximate surface area is 149 Å². The van der Waals surface area contributed by atoms with Crippen molar-refractivity contribution in [3.05, 3.63) is 53.6 Å². The zero-order valence-corrected chi connectivity index (χ0v) is 15.4. The van der Waals surface area contributed by atoms with E-state index >= 15 is 0 Å². The fraction of sp³-hybridized carbons (Fsp3) is 0.316. The summed E-state index contributed by atoms with van der Waals surface area (Å²) in [6, 6.07) is 14.1. The molecule has 0 heterocycles. The number of rotatable bonds is 6. The van der Waals surface area contributed by atoms with Crippen molar-refractivity contribution in [2.24, 2.45) is 0 Å². The highest BCUT2D eigenvalue weighted by atomic mass is 32.1. The molecule has 0 spiro atoms. The van der Waals surface area contributed by atoms with Crippen LogP contribution in [0, 0.1) is 0 Å². The number of anilines is 1. The van der Waals surface area contributed by atoms with E-state index in [1.54, 1.807) is 14.2 Å². The summed E-state index contributed by atoms with van der Waals surface area (Å²) in [4.78, 5) is 1.98. The molecule has 5 heteroatoms. The Morgan fingerprint density at radius 3 is 2.38 bits per heavy atom. The first-order valence-electron chi connectivity index (χ1n) is 7.89. The second-order valence-corrected chi connectivity index (χ2v) is 5.90. The quantitative estimate of drug-likeness (QED) is 0.798. The van der Waals surface area contributed by atoms with Gasteiger partial charge in [-0.2, -0.15) is 0 Å². The van der Waals surface area contributed by atoms with Gasteiger partial charge in [-0.05, 0) is 48.5 Å². The second kappa shape index (κ2) is 8.55. The number of nitrogens with zero attached hydrogens (tertiary/aromatic N) is 1. The summed E-state index contributed by atoms with van der Waals surface area (Å²) in [5, 5.41) is 3.93. The fourth-order valence-electron chi connectivity index (χ4n) is 2.35.